The van der Waals surface area contributed by atoms with Crippen LogP contribution >= 0.6 is 0 Å². The number of pyridine rings is 1. The summed E-state index contributed by atoms with van der Waals surface area (Å²) < 4.78 is 53.0. The second-order valence-electron chi connectivity index (χ2n) is 10.5. The predicted octanol–water partition coefficient (Wildman–Crippen LogP) is 2.64. The van der Waals surface area contributed by atoms with E-state index in [0.29, 0.717) is 36.0 Å². The summed E-state index contributed by atoms with van der Waals surface area (Å²) in [5.74, 6) is -0.122. The van der Waals surface area contributed by atoms with E-state index in [1.54, 1.807) is 24.3 Å². The van der Waals surface area contributed by atoms with Gasteiger partial charge in [0, 0.05) is 11.6 Å². The van der Waals surface area contributed by atoms with Crippen molar-refractivity contribution in [2.45, 2.75) is 76.0 Å². The van der Waals surface area contributed by atoms with Gasteiger partial charge in [0.1, 0.15) is 6.04 Å². The van der Waals surface area contributed by atoms with Gasteiger partial charge in [-0.15, -0.1) is 0 Å². The number of benzene rings is 1. The molecule has 0 spiro atoms. The number of carbonyl (C=O) groups is 1. The highest BCUT2D eigenvalue weighted by molar-refractivity contribution is 7.92. The van der Waals surface area contributed by atoms with E-state index >= 15 is 0 Å². The fourth-order valence-electron chi connectivity index (χ4n) is 5.36. The lowest BCUT2D eigenvalue weighted by Gasteiger charge is -2.35. The summed E-state index contributed by atoms with van der Waals surface area (Å²) in [6, 6.07) is 5.89. The van der Waals surface area contributed by atoms with Crippen LogP contribution in [0.1, 0.15) is 52.9 Å². The van der Waals surface area contributed by atoms with Crippen LogP contribution < -0.4 is 10.0 Å². The van der Waals surface area contributed by atoms with Crippen molar-refractivity contribution in [1.82, 2.24) is 15.0 Å². The largest absolute Gasteiger partial charge is 0.391 e. The van der Waals surface area contributed by atoms with Gasteiger partial charge in [-0.3, -0.25) is 9.78 Å². The number of sulfonamides is 1. The molecule has 3 rings (SSSR count). The Balaban J connectivity index is 1.79. The average Bonchev–Trinajstić information content (AvgIpc) is 2.82. The van der Waals surface area contributed by atoms with Crippen molar-refractivity contribution in [3.8, 4) is 0 Å². The number of rotatable bonds is 11. The molecule has 6 atom stereocenters. The van der Waals surface area contributed by atoms with Crippen LogP contribution in [0.4, 0.5) is 0 Å². The van der Waals surface area contributed by atoms with Gasteiger partial charge in [0.05, 0.1) is 34.6 Å². The first kappa shape index (κ1) is 29.5. The number of aliphatic hydroxyl groups is 1. The number of nitrogens with one attached hydrogen (secondary N) is 2. The Kier molecular flexibility index (Phi) is 9.71. The van der Waals surface area contributed by atoms with Crippen molar-refractivity contribution >= 4 is 36.7 Å². The summed E-state index contributed by atoms with van der Waals surface area (Å²) in [4.78, 5) is 17.3. The molecule has 3 unspecified atom stereocenters. The van der Waals surface area contributed by atoms with E-state index in [1.807, 2.05) is 6.92 Å². The zero-order valence-corrected chi connectivity index (χ0v) is 23.6. The molecule has 1 fully saturated rings. The minimum absolute atomic E-state index is 0.0775. The van der Waals surface area contributed by atoms with Crippen molar-refractivity contribution in [2.24, 2.45) is 17.8 Å². The highest BCUT2D eigenvalue weighted by Crippen LogP contribution is 2.36. The van der Waals surface area contributed by atoms with Crippen LogP contribution in [0.25, 0.3) is 10.9 Å². The number of aromatic nitrogens is 1. The molecule has 0 radical (unpaired) electrons. The van der Waals surface area contributed by atoms with E-state index < -0.39 is 49.7 Å². The van der Waals surface area contributed by atoms with Gasteiger partial charge in [-0.05, 0) is 55.6 Å². The van der Waals surface area contributed by atoms with Gasteiger partial charge in [-0.2, -0.15) is 0 Å². The molecule has 1 amide bonds. The Bertz CT molecular complexity index is 1290. The Hall–Kier alpha value is -2.08. The van der Waals surface area contributed by atoms with E-state index in [4.69, 9.17) is 0 Å². The SMILES string of the molecule is CC[C@H](NC(=O)[C@@H](CS(=O)(=O)c1cccc2cccnc12)NS(C)(=O)=O)[C@H](O)CC1CCC(C)CC1C. The first-order chi connectivity index (χ1) is 17.3. The third kappa shape index (κ3) is 7.95. The lowest BCUT2D eigenvalue weighted by atomic mass is 9.73. The summed E-state index contributed by atoms with van der Waals surface area (Å²) in [6.45, 7) is 6.24. The third-order valence-corrected chi connectivity index (χ3v) is 9.86. The predicted molar refractivity (Wildman–Crippen MR) is 144 cm³/mol. The third-order valence-electron chi connectivity index (χ3n) is 7.37. The molecular formula is C26H39N3O6S2. The molecule has 1 aliphatic rings. The van der Waals surface area contributed by atoms with Crippen molar-refractivity contribution in [3.05, 3.63) is 36.5 Å². The molecule has 0 saturated heterocycles. The fraction of sp³-hybridized carbons (Fsp3) is 0.615. The van der Waals surface area contributed by atoms with E-state index in [1.165, 1.54) is 12.3 Å². The molecule has 206 valence electrons. The molecular weight excluding hydrogens is 514 g/mol. The number of fused-ring (bicyclic) bond motifs is 1. The van der Waals surface area contributed by atoms with Gasteiger partial charge >= 0.3 is 0 Å². The maximum atomic E-state index is 13.4. The Morgan fingerprint density at radius 1 is 1.14 bits per heavy atom. The fourth-order valence-corrected chi connectivity index (χ4v) is 7.78. The van der Waals surface area contributed by atoms with Crippen molar-refractivity contribution in [1.29, 1.82) is 0 Å². The number of carbonyl (C=O) groups excluding carboxylic acids is 1. The van der Waals surface area contributed by atoms with Gasteiger partial charge in [0.25, 0.3) is 0 Å². The number of nitrogens with zero attached hydrogens (tertiary/aromatic N) is 1. The Labute approximate surface area is 220 Å². The quantitative estimate of drug-likeness (QED) is 0.388. The van der Waals surface area contributed by atoms with Crippen molar-refractivity contribution in [2.75, 3.05) is 12.0 Å². The molecule has 9 nitrogen and oxygen atoms in total. The summed E-state index contributed by atoms with van der Waals surface area (Å²) in [7, 11) is -8.03. The number of sulfone groups is 1. The maximum Gasteiger partial charge on any atom is 0.239 e. The molecule has 1 aromatic carbocycles. The molecule has 1 saturated carbocycles. The zero-order chi connectivity index (χ0) is 27.4. The number of amides is 1. The molecule has 1 heterocycles. The summed E-state index contributed by atoms with van der Waals surface area (Å²) in [5.41, 5.74) is 0.251. The molecule has 11 heteroatoms. The number of aliphatic hydroxyl groups excluding tert-OH is 1. The minimum Gasteiger partial charge on any atom is -0.391 e. The van der Waals surface area contributed by atoms with Gasteiger partial charge in [-0.1, -0.05) is 45.4 Å². The summed E-state index contributed by atoms with van der Waals surface area (Å²) in [5, 5.41) is 14.3. The van der Waals surface area contributed by atoms with Crippen LogP contribution in [0.3, 0.4) is 0 Å². The molecule has 3 N–H and O–H groups in total. The summed E-state index contributed by atoms with van der Waals surface area (Å²) >= 11 is 0. The molecule has 2 aromatic rings. The smallest absolute Gasteiger partial charge is 0.239 e. The van der Waals surface area contributed by atoms with Crippen molar-refractivity contribution < 1.29 is 26.7 Å². The molecule has 1 aromatic heterocycles. The van der Waals surface area contributed by atoms with E-state index in [-0.39, 0.29) is 10.4 Å². The second-order valence-corrected chi connectivity index (χ2v) is 14.3. The van der Waals surface area contributed by atoms with Crippen LogP contribution in [0.5, 0.6) is 0 Å². The van der Waals surface area contributed by atoms with Gasteiger partial charge in [0.2, 0.25) is 15.9 Å². The maximum absolute atomic E-state index is 13.4. The van der Waals surface area contributed by atoms with Gasteiger partial charge in [0.15, 0.2) is 9.84 Å². The monoisotopic (exact) mass is 553 g/mol. The first-order valence-electron chi connectivity index (χ1n) is 12.8. The number of hydrogen-bond acceptors (Lipinski definition) is 7. The first-order valence-corrected chi connectivity index (χ1v) is 16.4. The summed E-state index contributed by atoms with van der Waals surface area (Å²) in [6.07, 6.45) is 5.67. The Morgan fingerprint density at radius 3 is 2.49 bits per heavy atom. The van der Waals surface area contributed by atoms with Crippen LogP contribution in [-0.2, 0) is 24.7 Å². The van der Waals surface area contributed by atoms with E-state index in [2.05, 4.69) is 28.9 Å². The van der Waals surface area contributed by atoms with Crippen LogP contribution in [0, 0.1) is 17.8 Å². The lowest BCUT2D eigenvalue weighted by Crippen LogP contribution is -2.54. The van der Waals surface area contributed by atoms with E-state index in [0.717, 1.165) is 25.5 Å². The average molecular weight is 554 g/mol. The van der Waals surface area contributed by atoms with Crippen LogP contribution in [0.15, 0.2) is 41.4 Å². The molecule has 0 aliphatic heterocycles. The van der Waals surface area contributed by atoms with E-state index in [9.17, 15) is 26.7 Å². The highest BCUT2D eigenvalue weighted by atomic mass is 32.2. The zero-order valence-electron chi connectivity index (χ0n) is 21.9. The minimum atomic E-state index is -4.11. The van der Waals surface area contributed by atoms with Gasteiger partial charge < -0.3 is 10.4 Å². The van der Waals surface area contributed by atoms with Crippen LogP contribution in [0.2, 0.25) is 0 Å². The lowest BCUT2D eigenvalue weighted by molar-refractivity contribution is -0.124. The molecule has 0 bridgehead atoms. The number of para-hydroxylation sites is 1. The highest BCUT2D eigenvalue weighted by Gasteiger charge is 2.34. The molecule has 1 aliphatic carbocycles. The van der Waals surface area contributed by atoms with Crippen molar-refractivity contribution in [3.63, 3.8) is 0 Å². The standard InChI is InChI=1S/C26H39N3O6S2/c1-5-21(23(30)15-20-12-11-17(2)14-18(20)3)28-26(31)22(29-36(4,32)33)16-37(34,35)24-10-6-8-19-9-7-13-27-25(19)24/h6-10,13,17-18,20-23,29-30H,5,11-12,14-16H2,1-4H3,(H,28,31)/t17?,18?,20?,21-,22+,23+/m0/s1. The topological polar surface area (TPSA) is 143 Å². The van der Waals surface area contributed by atoms with Crippen LogP contribution in [-0.4, -0.2) is 63.0 Å². The number of hydrogen-bond donors (Lipinski definition) is 3. The van der Waals surface area contributed by atoms with Gasteiger partial charge in [-0.25, -0.2) is 21.6 Å². The Morgan fingerprint density at radius 2 is 1.84 bits per heavy atom. The molecule has 37 heavy (non-hydrogen) atoms. The normalized spacial score (nSPS) is 23.3. The second kappa shape index (κ2) is 12.2.